The first kappa shape index (κ1) is 21.8. The van der Waals surface area contributed by atoms with Crippen LogP contribution < -0.4 is 9.62 Å². The van der Waals surface area contributed by atoms with Gasteiger partial charge in [0, 0.05) is 33.0 Å². The van der Waals surface area contributed by atoms with Crippen LogP contribution in [0, 0.1) is 5.41 Å². The molecule has 2 aromatic rings. The van der Waals surface area contributed by atoms with Gasteiger partial charge in [-0.1, -0.05) is 15.9 Å². The summed E-state index contributed by atoms with van der Waals surface area (Å²) in [6, 6.07) is 8.14. The van der Waals surface area contributed by atoms with E-state index in [1.54, 1.807) is 6.07 Å². The van der Waals surface area contributed by atoms with Crippen LogP contribution in [0.4, 0.5) is 5.69 Å². The number of nitrogens with one attached hydrogen (secondary N) is 1. The molecule has 2 saturated carbocycles. The monoisotopic (exact) mass is 520 g/mol. The molecule has 3 aliphatic rings. The van der Waals surface area contributed by atoms with E-state index in [4.69, 9.17) is 0 Å². The van der Waals surface area contributed by atoms with Crippen LogP contribution in [0.25, 0.3) is 0 Å². The number of amides is 1. The number of hydrogen-bond donors (Lipinski definition) is 1. The molecule has 7 heteroatoms. The first-order valence-corrected chi connectivity index (χ1v) is 13.8. The second kappa shape index (κ2) is 7.51. The normalized spacial score (nSPS) is 22.0. The topological polar surface area (TPSA) is 49.4 Å². The summed E-state index contributed by atoms with van der Waals surface area (Å²) in [6.45, 7) is 6.71. The Kier molecular flexibility index (Phi) is 5.28. The minimum atomic E-state index is -1.32. The summed E-state index contributed by atoms with van der Waals surface area (Å²) < 4.78 is 17.5. The molecule has 1 N–H and O–H groups in total. The van der Waals surface area contributed by atoms with Gasteiger partial charge in [0.25, 0.3) is 5.91 Å². The summed E-state index contributed by atoms with van der Waals surface area (Å²) in [6.07, 6.45) is 7.65. The second-order valence-corrected chi connectivity index (χ2v) is 13.9. The maximum atomic E-state index is 13.6. The van der Waals surface area contributed by atoms with Gasteiger partial charge in [-0.3, -0.25) is 4.79 Å². The zero-order chi connectivity index (χ0) is 22.0. The van der Waals surface area contributed by atoms with Crippen LogP contribution in [-0.4, -0.2) is 22.2 Å². The molecule has 2 heterocycles. The minimum Gasteiger partial charge on any atom is -0.307 e. The Hall–Kier alpha value is -1.02. The summed E-state index contributed by atoms with van der Waals surface area (Å²) >= 11 is 5.04. The number of anilines is 1. The predicted octanol–water partition coefficient (Wildman–Crippen LogP) is 6.17. The van der Waals surface area contributed by atoms with E-state index in [1.165, 1.54) is 42.6 Å². The molecule has 5 rings (SSSR count). The molecule has 1 aromatic carbocycles. The van der Waals surface area contributed by atoms with Gasteiger partial charge in [-0.25, -0.2) is 8.93 Å². The van der Waals surface area contributed by atoms with Gasteiger partial charge in [0.2, 0.25) is 0 Å². The third-order valence-electron chi connectivity index (χ3n) is 7.16. The van der Waals surface area contributed by atoms with Crippen molar-refractivity contribution < 1.29 is 9.00 Å². The highest BCUT2D eigenvalue weighted by molar-refractivity contribution is 9.10. The summed E-state index contributed by atoms with van der Waals surface area (Å²) in [7, 11) is -1.32. The molecule has 0 saturated heterocycles. The van der Waals surface area contributed by atoms with Gasteiger partial charge >= 0.3 is 0 Å². The van der Waals surface area contributed by atoms with E-state index >= 15 is 0 Å². The van der Waals surface area contributed by atoms with E-state index in [0.29, 0.717) is 15.2 Å². The van der Waals surface area contributed by atoms with Crippen LogP contribution in [-0.2, 0) is 16.4 Å². The predicted molar refractivity (Wildman–Crippen MR) is 131 cm³/mol. The van der Waals surface area contributed by atoms with Gasteiger partial charge < -0.3 is 4.90 Å². The Bertz CT molecular complexity index is 1060. The average molecular weight is 522 g/mol. The van der Waals surface area contributed by atoms with Gasteiger partial charge in [-0.05, 0) is 94.5 Å². The molecule has 2 fully saturated rings. The van der Waals surface area contributed by atoms with Crippen molar-refractivity contribution in [2.45, 2.75) is 74.5 Å². The first-order chi connectivity index (χ1) is 14.6. The molecule has 2 spiro atoms. The molecule has 1 aromatic heterocycles. The van der Waals surface area contributed by atoms with Gasteiger partial charge in [0.15, 0.2) is 0 Å². The largest absolute Gasteiger partial charge is 0.307 e. The summed E-state index contributed by atoms with van der Waals surface area (Å²) in [5, 5.41) is 1.85. The Labute approximate surface area is 199 Å². The van der Waals surface area contributed by atoms with Crippen LogP contribution in [0.5, 0.6) is 0 Å². The van der Waals surface area contributed by atoms with Gasteiger partial charge in [-0.15, -0.1) is 11.3 Å². The van der Waals surface area contributed by atoms with Crippen molar-refractivity contribution in [1.82, 2.24) is 4.72 Å². The Morgan fingerprint density at radius 1 is 1.13 bits per heavy atom. The van der Waals surface area contributed by atoms with Crippen LogP contribution in [0.3, 0.4) is 0 Å². The Morgan fingerprint density at radius 2 is 1.81 bits per heavy atom. The van der Waals surface area contributed by atoms with Crippen LogP contribution in [0.1, 0.15) is 75.2 Å². The third kappa shape index (κ3) is 4.07. The minimum absolute atomic E-state index is 0.0161. The number of benzene rings is 1. The first-order valence-electron chi connectivity index (χ1n) is 11.0. The third-order valence-corrected chi connectivity index (χ3v) is 10.4. The number of nitrogens with zero attached hydrogens (tertiary/aromatic N) is 1. The highest BCUT2D eigenvalue weighted by Crippen LogP contribution is 2.62. The van der Waals surface area contributed by atoms with Crippen LogP contribution >= 0.6 is 27.3 Å². The Balaban J connectivity index is 1.42. The molecule has 1 atom stereocenters. The lowest BCUT2D eigenvalue weighted by Gasteiger charge is -2.38. The lowest BCUT2D eigenvalue weighted by Crippen LogP contribution is -2.39. The number of fused-ring (bicyclic) bond motifs is 2. The smallest absolute Gasteiger partial charge is 0.259 e. The molecule has 1 aliphatic heterocycles. The fraction of sp³-hybridized carbons (Fsp3) is 0.542. The zero-order valence-electron chi connectivity index (χ0n) is 18.3. The lowest BCUT2D eigenvalue weighted by molar-refractivity contribution is 0.0980. The van der Waals surface area contributed by atoms with E-state index in [1.807, 2.05) is 37.1 Å². The summed E-state index contributed by atoms with van der Waals surface area (Å²) in [5.41, 5.74) is 3.41. The maximum Gasteiger partial charge on any atom is 0.259 e. The van der Waals surface area contributed by atoms with E-state index < -0.39 is 11.0 Å². The van der Waals surface area contributed by atoms with Crippen LogP contribution in [0.2, 0.25) is 0 Å². The van der Waals surface area contributed by atoms with E-state index in [9.17, 15) is 9.00 Å². The number of carbonyl (C=O) groups excluding carboxylic acids is 1. The van der Waals surface area contributed by atoms with Crippen molar-refractivity contribution in [3.63, 3.8) is 0 Å². The highest BCUT2D eigenvalue weighted by atomic mass is 79.9. The van der Waals surface area contributed by atoms with Gasteiger partial charge in [-0.2, -0.15) is 0 Å². The van der Waals surface area contributed by atoms with E-state index in [0.717, 1.165) is 29.5 Å². The van der Waals surface area contributed by atoms with E-state index in [2.05, 4.69) is 32.8 Å². The van der Waals surface area contributed by atoms with E-state index in [-0.39, 0.29) is 16.9 Å². The van der Waals surface area contributed by atoms with Crippen molar-refractivity contribution >= 4 is 49.8 Å². The van der Waals surface area contributed by atoms with Gasteiger partial charge in [0.1, 0.15) is 15.2 Å². The molecular weight excluding hydrogens is 492 g/mol. The molecular formula is C24H29BrN2O2S2. The highest BCUT2D eigenvalue weighted by Gasteiger charge is 2.53. The van der Waals surface area contributed by atoms with Crippen LogP contribution in [0.15, 0.2) is 38.3 Å². The number of halogens is 1. The second-order valence-electron chi connectivity index (χ2n) is 10.6. The fourth-order valence-corrected chi connectivity index (χ4v) is 7.67. The Morgan fingerprint density at radius 3 is 2.45 bits per heavy atom. The number of rotatable bonds is 3. The standard InChI is InChI=1S/C24H29BrN2O2S2/c1-22(2,3)26-31(29)20-12-16(14-30-20)21(28)27-15-24(10-8-23(6-7-23)9-11-24)18-13-17(25)4-5-19(18)27/h4-5,12-14,26H,6-11,15H2,1-3H3. The lowest BCUT2D eigenvalue weighted by atomic mass is 9.66. The average Bonchev–Trinajstić information content (AvgIpc) is 3.16. The number of thiophene rings is 1. The summed E-state index contributed by atoms with van der Waals surface area (Å²) in [5.74, 6) is 0.0161. The molecule has 166 valence electrons. The number of carbonyl (C=O) groups is 1. The maximum absolute atomic E-state index is 13.6. The molecule has 1 unspecified atom stereocenters. The molecule has 31 heavy (non-hydrogen) atoms. The van der Waals surface area contributed by atoms with Gasteiger partial charge in [0.05, 0.1) is 5.56 Å². The zero-order valence-corrected chi connectivity index (χ0v) is 21.5. The molecule has 4 nitrogen and oxygen atoms in total. The molecule has 2 aliphatic carbocycles. The van der Waals surface area contributed by atoms with Crippen molar-refractivity contribution in [2.75, 3.05) is 11.4 Å². The fourth-order valence-electron chi connectivity index (χ4n) is 5.20. The van der Waals surface area contributed by atoms with Crippen molar-refractivity contribution in [2.24, 2.45) is 5.41 Å². The SMILES string of the molecule is CC(C)(C)NS(=O)c1cc(C(=O)N2CC3(CCC4(CC4)CC3)c3cc(Br)ccc32)cs1. The van der Waals surface area contributed by atoms with Crippen molar-refractivity contribution in [1.29, 1.82) is 0 Å². The molecule has 0 bridgehead atoms. The molecule has 0 radical (unpaired) electrons. The molecule has 1 amide bonds. The van der Waals surface area contributed by atoms with Crippen molar-refractivity contribution in [3.05, 3.63) is 45.2 Å². The number of hydrogen-bond acceptors (Lipinski definition) is 3. The van der Waals surface area contributed by atoms with Crippen molar-refractivity contribution in [3.8, 4) is 0 Å². The quantitative estimate of drug-likeness (QED) is 0.525. The summed E-state index contributed by atoms with van der Waals surface area (Å²) in [4.78, 5) is 15.6.